The Kier molecular flexibility index (Phi) is 5.93. The SMILES string of the molecule is CN(C)C(=O)c1nccc(Nc2c(N[C@@H](c3ccccc3)C3(C)CCCC3)c(=O)c2=O)c1O. The molecule has 0 spiro atoms. The zero-order valence-corrected chi connectivity index (χ0v) is 19.0. The van der Waals surface area contributed by atoms with Crippen molar-refractivity contribution in [3.63, 3.8) is 0 Å². The van der Waals surface area contributed by atoms with Crippen LogP contribution in [-0.4, -0.2) is 35.0 Å². The molecule has 8 heteroatoms. The van der Waals surface area contributed by atoms with Gasteiger partial charge in [0.05, 0.1) is 11.7 Å². The second-order valence-corrected chi connectivity index (χ2v) is 9.14. The van der Waals surface area contributed by atoms with Crippen molar-refractivity contribution in [2.24, 2.45) is 5.41 Å². The summed E-state index contributed by atoms with van der Waals surface area (Å²) in [6.45, 7) is 2.21. The Balaban J connectivity index is 1.68. The van der Waals surface area contributed by atoms with Gasteiger partial charge in [-0.3, -0.25) is 14.4 Å². The lowest BCUT2D eigenvalue weighted by Gasteiger charge is -2.36. The largest absolute Gasteiger partial charge is 0.504 e. The molecule has 1 amide bonds. The van der Waals surface area contributed by atoms with Crippen LogP contribution in [-0.2, 0) is 0 Å². The van der Waals surface area contributed by atoms with Gasteiger partial charge in [0.1, 0.15) is 11.4 Å². The first-order chi connectivity index (χ1) is 15.7. The third-order valence-electron chi connectivity index (χ3n) is 6.57. The lowest BCUT2D eigenvalue weighted by Crippen LogP contribution is -2.40. The standard InChI is InChI=1S/C25H28N4O4/c1-25(12-7-8-13-25)23(15-9-5-4-6-10-15)28-18-17(21(31)22(18)32)27-16-11-14-26-19(20(16)30)24(33)29(2)3/h4-6,9-11,14,23,28,30H,7-8,12-13H2,1-3H3,(H,26,27)/t23-/m0/s1. The number of nitrogens with one attached hydrogen (secondary N) is 2. The maximum Gasteiger partial charge on any atom is 0.275 e. The minimum Gasteiger partial charge on any atom is -0.504 e. The third kappa shape index (κ3) is 4.08. The van der Waals surface area contributed by atoms with Crippen LogP contribution < -0.4 is 21.5 Å². The highest BCUT2D eigenvalue weighted by Gasteiger charge is 2.39. The molecule has 3 N–H and O–H groups in total. The molecule has 0 saturated heterocycles. The predicted molar refractivity (Wildman–Crippen MR) is 128 cm³/mol. The third-order valence-corrected chi connectivity index (χ3v) is 6.57. The lowest BCUT2D eigenvalue weighted by atomic mass is 9.77. The molecule has 1 aliphatic rings. The first kappa shape index (κ1) is 22.5. The molecule has 0 radical (unpaired) electrons. The van der Waals surface area contributed by atoms with Crippen molar-refractivity contribution in [3.05, 3.63) is 74.3 Å². The first-order valence-electron chi connectivity index (χ1n) is 11.0. The number of rotatable bonds is 7. The number of hydrogen-bond acceptors (Lipinski definition) is 7. The van der Waals surface area contributed by atoms with Gasteiger partial charge in [-0.15, -0.1) is 0 Å². The van der Waals surface area contributed by atoms with Gasteiger partial charge >= 0.3 is 0 Å². The van der Waals surface area contributed by atoms with Gasteiger partial charge in [0.25, 0.3) is 16.8 Å². The van der Waals surface area contributed by atoms with Crippen LogP contribution in [0.3, 0.4) is 0 Å². The molecular weight excluding hydrogens is 420 g/mol. The highest BCUT2D eigenvalue weighted by atomic mass is 16.3. The second-order valence-electron chi connectivity index (χ2n) is 9.14. The Morgan fingerprint density at radius 1 is 1.06 bits per heavy atom. The number of carbonyl (C=O) groups is 1. The van der Waals surface area contributed by atoms with Crippen LogP contribution in [0.15, 0.2) is 52.2 Å². The van der Waals surface area contributed by atoms with Gasteiger partial charge in [-0.2, -0.15) is 0 Å². The van der Waals surface area contributed by atoms with E-state index in [-0.39, 0.29) is 40.0 Å². The van der Waals surface area contributed by atoms with Gasteiger partial charge in [0.2, 0.25) is 0 Å². The van der Waals surface area contributed by atoms with Crippen molar-refractivity contribution in [2.75, 3.05) is 24.7 Å². The van der Waals surface area contributed by atoms with Crippen molar-refractivity contribution < 1.29 is 9.90 Å². The average molecular weight is 449 g/mol. The molecule has 3 aromatic rings. The smallest absolute Gasteiger partial charge is 0.275 e. The van der Waals surface area contributed by atoms with Gasteiger partial charge in [-0.25, -0.2) is 4.98 Å². The first-order valence-corrected chi connectivity index (χ1v) is 11.0. The van der Waals surface area contributed by atoms with E-state index >= 15 is 0 Å². The molecule has 1 heterocycles. The van der Waals surface area contributed by atoms with E-state index in [0.29, 0.717) is 0 Å². The molecule has 2 aromatic carbocycles. The van der Waals surface area contributed by atoms with Crippen LogP contribution >= 0.6 is 0 Å². The van der Waals surface area contributed by atoms with Gasteiger partial charge < -0.3 is 20.6 Å². The molecule has 1 atom stereocenters. The minimum atomic E-state index is -0.669. The summed E-state index contributed by atoms with van der Waals surface area (Å²) in [5.41, 5.74) is -0.0246. The summed E-state index contributed by atoms with van der Waals surface area (Å²) < 4.78 is 0. The summed E-state index contributed by atoms with van der Waals surface area (Å²) in [6.07, 6.45) is 5.62. The van der Waals surface area contributed by atoms with Crippen LogP contribution in [0.2, 0.25) is 0 Å². The van der Waals surface area contributed by atoms with Gasteiger partial charge in [0.15, 0.2) is 11.4 Å². The lowest BCUT2D eigenvalue weighted by molar-refractivity contribution is 0.0819. The summed E-state index contributed by atoms with van der Waals surface area (Å²) in [6, 6.07) is 11.2. The second kappa shape index (κ2) is 8.69. The molecular formula is C25H28N4O4. The number of aromatic hydroxyl groups is 1. The van der Waals surface area contributed by atoms with Crippen molar-refractivity contribution in [1.82, 2.24) is 9.88 Å². The van der Waals surface area contributed by atoms with Crippen molar-refractivity contribution in [1.29, 1.82) is 0 Å². The molecule has 0 aliphatic heterocycles. The fourth-order valence-electron chi connectivity index (χ4n) is 4.63. The van der Waals surface area contributed by atoms with Crippen LogP contribution in [0, 0.1) is 5.41 Å². The Hall–Kier alpha value is -3.68. The summed E-state index contributed by atoms with van der Waals surface area (Å²) in [4.78, 5) is 42.5. The maximum absolute atomic E-state index is 12.6. The molecule has 172 valence electrons. The Morgan fingerprint density at radius 3 is 2.33 bits per heavy atom. The zero-order chi connectivity index (χ0) is 23.8. The highest BCUT2D eigenvalue weighted by molar-refractivity contribution is 5.97. The molecule has 0 unspecified atom stereocenters. The van der Waals surface area contributed by atoms with Gasteiger partial charge in [-0.1, -0.05) is 50.1 Å². The predicted octanol–water partition coefficient (Wildman–Crippen LogP) is 3.56. The Labute approximate surface area is 192 Å². The van der Waals surface area contributed by atoms with E-state index in [4.69, 9.17) is 0 Å². The van der Waals surface area contributed by atoms with E-state index in [9.17, 15) is 19.5 Å². The summed E-state index contributed by atoms with van der Waals surface area (Å²) in [5, 5.41) is 16.8. The monoisotopic (exact) mass is 448 g/mol. The number of amides is 1. The van der Waals surface area contributed by atoms with E-state index in [2.05, 4.69) is 22.5 Å². The van der Waals surface area contributed by atoms with Crippen LogP contribution in [0.1, 0.15) is 54.7 Å². The molecule has 8 nitrogen and oxygen atoms in total. The van der Waals surface area contributed by atoms with E-state index in [0.717, 1.165) is 31.2 Å². The van der Waals surface area contributed by atoms with E-state index in [1.807, 2.05) is 30.3 Å². The number of aromatic nitrogens is 1. The number of nitrogens with zero attached hydrogens (tertiary/aromatic N) is 2. The number of hydrogen-bond donors (Lipinski definition) is 3. The van der Waals surface area contributed by atoms with Crippen molar-refractivity contribution >= 4 is 23.0 Å². The van der Waals surface area contributed by atoms with E-state index in [1.54, 1.807) is 14.1 Å². The van der Waals surface area contributed by atoms with Crippen molar-refractivity contribution in [2.45, 2.75) is 38.6 Å². The fourth-order valence-corrected chi connectivity index (χ4v) is 4.63. The normalized spacial score (nSPS) is 15.8. The van der Waals surface area contributed by atoms with Crippen LogP contribution in [0.4, 0.5) is 17.1 Å². The zero-order valence-electron chi connectivity index (χ0n) is 19.0. The highest BCUT2D eigenvalue weighted by Crippen LogP contribution is 2.49. The number of carbonyl (C=O) groups excluding carboxylic acids is 1. The summed E-state index contributed by atoms with van der Waals surface area (Å²) in [7, 11) is 3.10. The quantitative estimate of drug-likeness (QED) is 0.474. The molecule has 1 fully saturated rings. The van der Waals surface area contributed by atoms with Crippen LogP contribution in [0.5, 0.6) is 5.75 Å². The van der Waals surface area contributed by atoms with Crippen molar-refractivity contribution in [3.8, 4) is 5.75 Å². The minimum absolute atomic E-state index is 0.0670. The molecule has 4 rings (SSSR count). The fraction of sp³-hybridized carbons (Fsp3) is 0.360. The molecule has 1 saturated carbocycles. The molecule has 1 aliphatic carbocycles. The van der Waals surface area contributed by atoms with E-state index in [1.165, 1.54) is 17.2 Å². The Morgan fingerprint density at radius 2 is 1.70 bits per heavy atom. The number of anilines is 3. The Bertz CT molecular complexity index is 1240. The van der Waals surface area contributed by atoms with Crippen LogP contribution in [0.25, 0.3) is 0 Å². The summed E-state index contributed by atoms with van der Waals surface area (Å²) in [5.74, 6) is -0.852. The van der Waals surface area contributed by atoms with Gasteiger partial charge in [-0.05, 0) is 29.9 Å². The molecule has 1 aromatic heterocycles. The topological polar surface area (TPSA) is 112 Å². The van der Waals surface area contributed by atoms with Gasteiger partial charge in [0, 0.05) is 20.3 Å². The van der Waals surface area contributed by atoms with E-state index < -0.39 is 16.8 Å². The molecule has 33 heavy (non-hydrogen) atoms. The number of pyridine rings is 1. The average Bonchev–Trinajstić information content (AvgIpc) is 3.26. The maximum atomic E-state index is 12.6. The molecule has 0 bridgehead atoms. The summed E-state index contributed by atoms with van der Waals surface area (Å²) >= 11 is 0. The number of benzene rings is 1.